The first kappa shape index (κ1) is 11.2. The van der Waals surface area contributed by atoms with Crippen molar-refractivity contribution in [2.45, 2.75) is 13.5 Å². The summed E-state index contributed by atoms with van der Waals surface area (Å²) in [6.07, 6.45) is 1.34. The Kier molecular flexibility index (Phi) is 3.11. The molecule has 0 aromatic carbocycles. The molecule has 0 fully saturated rings. The molecule has 0 spiro atoms. The van der Waals surface area contributed by atoms with Gasteiger partial charge in [0, 0.05) is 5.38 Å². The summed E-state index contributed by atoms with van der Waals surface area (Å²) in [4.78, 5) is 19.4. The van der Waals surface area contributed by atoms with Crippen LogP contribution in [0.3, 0.4) is 0 Å². The molecule has 0 atom stereocenters. The molecule has 0 radical (unpaired) electrons. The van der Waals surface area contributed by atoms with Gasteiger partial charge in [0.2, 0.25) is 5.91 Å². The van der Waals surface area contributed by atoms with Crippen molar-refractivity contribution in [2.75, 3.05) is 5.32 Å². The van der Waals surface area contributed by atoms with Gasteiger partial charge in [-0.3, -0.25) is 4.79 Å². The molecular weight excluding hydrogens is 240 g/mol. The van der Waals surface area contributed by atoms with Crippen molar-refractivity contribution >= 4 is 22.4 Å². The van der Waals surface area contributed by atoms with Gasteiger partial charge in [-0.2, -0.15) is 5.26 Å². The number of thiazole rings is 1. The van der Waals surface area contributed by atoms with Crippen molar-refractivity contribution in [3.05, 3.63) is 23.2 Å². The van der Waals surface area contributed by atoms with E-state index in [2.05, 4.69) is 20.4 Å². The van der Waals surface area contributed by atoms with Gasteiger partial charge in [0.25, 0.3) is 5.82 Å². The van der Waals surface area contributed by atoms with Gasteiger partial charge in [-0.25, -0.2) is 14.6 Å². The molecule has 0 bridgehead atoms. The number of carbonyl (C=O) groups is 1. The third-order valence-electron chi connectivity index (χ3n) is 1.81. The van der Waals surface area contributed by atoms with E-state index in [1.165, 1.54) is 22.3 Å². The van der Waals surface area contributed by atoms with E-state index in [9.17, 15) is 4.79 Å². The predicted molar refractivity (Wildman–Crippen MR) is 60.2 cm³/mol. The smallest absolute Gasteiger partial charge is 0.252 e. The van der Waals surface area contributed by atoms with Crippen LogP contribution in [-0.2, 0) is 11.3 Å². The lowest BCUT2D eigenvalue weighted by Crippen LogP contribution is -2.19. The number of nitrogens with one attached hydrogen (secondary N) is 1. The lowest BCUT2D eigenvalue weighted by molar-refractivity contribution is -0.116. The van der Waals surface area contributed by atoms with Crippen molar-refractivity contribution in [1.29, 1.82) is 5.26 Å². The number of hydrogen-bond donors (Lipinski definition) is 1. The molecule has 1 amide bonds. The van der Waals surface area contributed by atoms with E-state index < -0.39 is 0 Å². The Hall–Kier alpha value is -2.27. The minimum absolute atomic E-state index is 0.00725. The second-order valence-corrected chi connectivity index (χ2v) is 4.08. The molecule has 0 saturated heterocycles. The highest BCUT2D eigenvalue weighted by molar-refractivity contribution is 7.13. The van der Waals surface area contributed by atoms with Crippen molar-refractivity contribution in [1.82, 2.24) is 19.7 Å². The standard InChI is InChI=1S/C9H8N6OS/c1-6-4-17-9(12-6)13-8(16)3-15-5-11-7(2-10)14-15/h4-5H,3H2,1H3,(H,12,13,16). The summed E-state index contributed by atoms with van der Waals surface area (Å²) in [5, 5.41) is 17.3. The van der Waals surface area contributed by atoms with E-state index >= 15 is 0 Å². The van der Waals surface area contributed by atoms with E-state index in [1.807, 2.05) is 12.3 Å². The molecule has 2 heterocycles. The molecule has 86 valence electrons. The average molecular weight is 248 g/mol. The van der Waals surface area contributed by atoms with E-state index in [1.54, 1.807) is 6.07 Å². The monoisotopic (exact) mass is 248 g/mol. The summed E-state index contributed by atoms with van der Waals surface area (Å²) in [6, 6.07) is 1.79. The van der Waals surface area contributed by atoms with Crippen LogP contribution in [0, 0.1) is 18.3 Å². The first-order valence-electron chi connectivity index (χ1n) is 4.69. The largest absolute Gasteiger partial charge is 0.300 e. The van der Waals surface area contributed by atoms with Crippen molar-refractivity contribution < 1.29 is 4.79 Å². The number of rotatable bonds is 3. The number of aromatic nitrogens is 4. The van der Waals surface area contributed by atoms with Crippen LogP contribution in [0.15, 0.2) is 11.7 Å². The SMILES string of the molecule is Cc1csc(NC(=O)Cn2cnc(C#N)n2)n1. The molecule has 0 aliphatic rings. The summed E-state index contributed by atoms with van der Waals surface area (Å²) >= 11 is 1.36. The molecule has 0 saturated carbocycles. The number of hydrogen-bond acceptors (Lipinski definition) is 6. The van der Waals surface area contributed by atoms with Gasteiger partial charge in [-0.15, -0.1) is 16.4 Å². The zero-order valence-electron chi connectivity index (χ0n) is 8.91. The molecule has 2 aromatic heterocycles. The molecule has 7 nitrogen and oxygen atoms in total. The molecule has 0 aliphatic heterocycles. The molecule has 17 heavy (non-hydrogen) atoms. The van der Waals surface area contributed by atoms with Crippen LogP contribution in [0.4, 0.5) is 5.13 Å². The van der Waals surface area contributed by atoms with Crippen LogP contribution in [-0.4, -0.2) is 25.7 Å². The van der Waals surface area contributed by atoms with Gasteiger partial charge in [-0.05, 0) is 6.92 Å². The minimum atomic E-state index is -0.256. The fraction of sp³-hybridized carbons (Fsp3) is 0.222. The third kappa shape index (κ3) is 2.85. The maximum absolute atomic E-state index is 11.6. The highest BCUT2D eigenvalue weighted by atomic mass is 32.1. The Bertz CT molecular complexity index is 580. The Morgan fingerprint density at radius 1 is 1.71 bits per heavy atom. The maximum Gasteiger partial charge on any atom is 0.252 e. The van der Waals surface area contributed by atoms with Gasteiger partial charge in [0.05, 0.1) is 5.69 Å². The predicted octanol–water partition coefficient (Wildman–Crippen LogP) is 0.553. The van der Waals surface area contributed by atoms with Gasteiger partial charge in [0.1, 0.15) is 18.9 Å². The number of aryl methyl sites for hydroxylation is 1. The lowest BCUT2D eigenvalue weighted by Gasteiger charge is -2.00. The number of nitriles is 1. The molecule has 1 N–H and O–H groups in total. The summed E-state index contributed by atoms with van der Waals surface area (Å²) in [7, 11) is 0. The van der Waals surface area contributed by atoms with Crippen LogP contribution in [0.25, 0.3) is 0 Å². The fourth-order valence-electron chi connectivity index (χ4n) is 1.14. The van der Waals surface area contributed by atoms with Crippen LogP contribution in [0.5, 0.6) is 0 Å². The molecule has 2 rings (SSSR count). The van der Waals surface area contributed by atoms with Gasteiger partial charge >= 0.3 is 0 Å². The summed E-state index contributed by atoms with van der Waals surface area (Å²) < 4.78 is 1.30. The fourth-order valence-corrected chi connectivity index (χ4v) is 1.84. The van der Waals surface area contributed by atoms with Crippen LogP contribution in [0.1, 0.15) is 11.5 Å². The average Bonchev–Trinajstić information content (AvgIpc) is 2.88. The van der Waals surface area contributed by atoms with Crippen molar-refractivity contribution in [2.24, 2.45) is 0 Å². The van der Waals surface area contributed by atoms with Gasteiger partial charge in [-0.1, -0.05) is 0 Å². The quantitative estimate of drug-likeness (QED) is 0.855. The topological polar surface area (TPSA) is 96.5 Å². The molecule has 8 heteroatoms. The highest BCUT2D eigenvalue weighted by Crippen LogP contribution is 2.14. The third-order valence-corrected chi connectivity index (χ3v) is 2.68. The van der Waals surface area contributed by atoms with Gasteiger partial charge < -0.3 is 5.32 Å². The number of nitrogens with zero attached hydrogens (tertiary/aromatic N) is 5. The van der Waals surface area contributed by atoms with E-state index in [0.29, 0.717) is 5.13 Å². The number of amides is 1. The van der Waals surface area contributed by atoms with Crippen molar-refractivity contribution in [3.63, 3.8) is 0 Å². The second kappa shape index (κ2) is 4.71. The molecule has 2 aromatic rings. The van der Waals surface area contributed by atoms with Crippen LogP contribution in [0.2, 0.25) is 0 Å². The molecular formula is C9H8N6OS. The summed E-state index contributed by atoms with van der Waals surface area (Å²) in [5.74, 6) is -0.211. The lowest BCUT2D eigenvalue weighted by atomic mass is 10.6. The summed E-state index contributed by atoms with van der Waals surface area (Å²) in [6.45, 7) is 1.86. The van der Waals surface area contributed by atoms with Gasteiger partial charge in [0.15, 0.2) is 5.13 Å². The molecule has 0 unspecified atom stereocenters. The van der Waals surface area contributed by atoms with Crippen LogP contribution >= 0.6 is 11.3 Å². The molecule has 0 aliphatic carbocycles. The Morgan fingerprint density at radius 2 is 2.53 bits per heavy atom. The Labute approximate surface area is 101 Å². The first-order chi connectivity index (χ1) is 8.17. The summed E-state index contributed by atoms with van der Waals surface area (Å²) in [5.41, 5.74) is 0.859. The van der Waals surface area contributed by atoms with Crippen LogP contribution < -0.4 is 5.32 Å². The van der Waals surface area contributed by atoms with Crippen molar-refractivity contribution in [3.8, 4) is 6.07 Å². The Morgan fingerprint density at radius 3 is 3.12 bits per heavy atom. The second-order valence-electron chi connectivity index (χ2n) is 3.22. The normalized spacial score (nSPS) is 9.88. The number of carbonyl (C=O) groups excluding carboxylic acids is 1. The maximum atomic E-state index is 11.6. The first-order valence-corrected chi connectivity index (χ1v) is 5.57. The van der Waals surface area contributed by atoms with E-state index in [4.69, 9.17) is 5.26 Å². The zero-order valence-corrected chi connectivity index (χ0v) is 9.73. The zero-order chi connectivity index (χ0) is 12.3. The van der Waals surface area contributed by atoms with E-state index in [-0.39, 0.29) is 18.3 Å². The minimum Gasteiger partial charge on any atom is -0.300 e. The Balaban J connectivity index is 1.96. The van der Waals surface area contributed by atoms with E-state index in [0.717, 1.165) is 5.69 Å². The number of anilines is 1. The highest BCUT2D eigenvalue weighted by Gasteiger charge is 2.07.